The maximum absolute atomic E-state index is 13.5. The van der Waals surface area contributed by atoms with E-state index in [0.29, 0.717) is 17.1 Å². The molecule has 0 fully saturated rings. The second-order valence-corrected chi connectivity index (χ2v) is 3.43. The van der Waals surface area contributed by atoms with Crippen molar-refractivity contribution in [2.24, 2.45) is 0 Å². The van der Waals surface area contributed by atoms with Crippen molar-refractivity contribution in [2.75, 3.05) is 7.11 Å². The van der Waals surface area contributed by atoms with Crippen LogP contribution in [0.1, 0.15) is 5.82 Å². The van der Waals surface area contributed by atoms with Crippen molar-refractivity contribution >= 4 is 0 Å². The molecule has 0 bridgehead atoms. The third kappa shape index (κ3) is 2.26. The van der Waals surface area contributed by atoms with Crippen LogP contribution in [0.2, 0.25) is 0 Å². The molecule has 0 unspecified atom stereocenters. The summed E-state index contributed by atoms with van der Waals surface area (Å²) in [5, 5.41) is 8.53. The summed E-state index contributed by atoms with van der Waals surface area (Å²) in [5.41, 5.74) is 1.34. The summed E-state index contributed by atoms with van der Waals surface area (Å²) in [4.78, 5) is 6.98. The highest BCUT2D eigenvalue weighted by Crippen LogP contribution is 2.24. The van der Waals surface area contributed by atoms with Gasteiger partial charge in [-0.1, -0.05) is 0 Å². The summed E-state index contributed by atoms with van der Waals surface area (Å²) in [7, 11) is 1.42. The van der Waals surface area contributed by atoms with Crippen molar-refractivity contribution in [3.05, 3.63) is 36.0 Å². The van der Waals surface area contributed by atoms with Crippen molar-refractivity contribution in [1.82, 2.24) is 9.97 Å². The number of benzene rings is 1. The molecule has 0 aliphatic carbocycles. The van der Waals surface area contributed by atoms with Crippen LogP contribution < -0.4 is 4.74 Å². The Morgan fingerprint density at radius 3 is 3.00 bits per heavy atom. The van der Waals surface area contributed by atoms with Crippen LogP contribution in [0.15, 0.2) is 24.4 Å². The van der Waals surface area contributed by atoms with Crippen LogP contribution in [0, 0.1) is 17.1 Å². The number of ether oxygens (including phenoxy) is 1. The number of hydrogen-bond donors (Lipinski definition) is 1. The molecule has 5 heteroatoms. The molecule has 0 spiro atoms. The van der Waals surface area contributed by atoms with Crippen LogP contribution in [-0.4, -0.2) is 17.1 Å². The summed E-state index contributed by atoms with van der Waals surface area (Å²) in [6.45, 7) is 0. The third-order valence-corrected chi connectivity index (χ3v) is 2.34. The average molecular weight is 231 g/mol. The number of nitriles is 1. The number of hydrogen-bond acceptors (Lipinski definition) is 3. The first-order valence-electron chi connectivity index (χ1n) is 4.99. The van der Waals surface area contributed by atoms with Crippen LogP contribution in [-0.2, 0) is 6.42 Å². The minimum absolute atomic E-state index is 0.200. The standard InChI is InChI=1S/C12H10FN3O/c1-17-11-3-2-8(6-9(11)13)10-7-15-12(16-10)4-5-14/h2-3,6-7H,4H2,1H3,(H,15,16). The number of aromatic nitrogens is 2. The van der Waals surface area contributed by atoms with Gasteiger partial charge in [-0.15, -0.1) is 0 Å². The van der Waals surface area contributed by atoms with Gasteiger partial charge in [0, 0.05) is 5.56 Å². The Morgan fingerprint density at radius 2 is 2.35 bits per heavy atom. The molecular weight excluding hydrogens is 221 g/mol. The molecule has 2 aromatic rings. The van der Waals surface area contributed by atoms with Gasteiger partial charge in [-0.05, 0) is 18.2 Å². The molecule has 0 saturated carbocycles. The molecule has 0 aliphatic rings. The van der Waals surface area contributed by atoms with E-state index in [4.69, 9.17) is 10.00 Å². The second kappa shape index (κ2) is 4.66. The number of nitrogens with one attached hydrogen (secondary N) is 1. The molecule has 1 N–H and O–H groups in total. The van der Waals surface area contributed by atoms with E-state index in [-0.39, 0.29) is 12.2 Å². The Labute approximate surface area is 97.7 Å². The molecule has 17 heavy (non-hydrogen) atoms. The van der Waals surface area contributed by atoms with Gasteiger partial charge < -0.3 is 9.72 Å². The largest absolute Gasteiger partial charge is 0.494 e. The monoisotopic (exact) mass is 231 g/mol. The average Bonchev–Trinajstić information content (AvgIpc) is 2.78. The molecule has 0 aliphatic heterocycles. The van der Waals surface area contributed by atoms with Crippen LogP contribution in [0.4, 0.5) is 4.39 Å². The summed E-state index contributed by atoms with van der Waals surface area (Å²) in [6, 6.07) is 6.63. The second-order valence-electron chi connectivity index (χ2n) is 3.43. The molecular formula is C12H10FN3O. The summed E-state index contributed by atoms with van der Waals surface area (Å²) in [6.07, 6.45) is 1.78. The van der Waals surface area contributed by atoms with Crippen LogP contribution in [0.25, 0.3) is 11.3 Å². The summed E-state index contributed by atoms with van der Waals surface area (Å²) in [5.74, 6) is 0.339. The quantitative estimate of drug-likeness (QED) is 0.881. The fourth-order valence-corrected chi connectivity index (χ4v) is 1.51. The Bertz CT molecular complexity index is 571. The molecule has 0 saturated heterocycles. The first-order valence-corrected chi connectivity index (χ1v) is 4.99. The fraction of sp³-hybridized carbons (Fsp3) is 0.167. The Balaban J connectivity index is 2.33. The number of nitrogens with zero attached hydrogens (tertiary/aromatic N) is 2. The highest BCUT2D eigenvalue weighted by molar-refractivity contribution is 5.59. The van der Waals surface area contributed by atoms with Gasteiger partial charge >= 0.3 is 0 Å². The zero-order valence-electron chi connectivity index (χ0n) is 9.20. The van der Waals surface area contributed by atoms with Gasteiger partial charge in [-0.2, -0.15) is 5.26 Å². The smallest absolute Gasteiger partial charge is 0.165 e. The number of H-pyrrole nitrogens is 1. The van der Waals surface area contributed by atoms with Gasteiger partial charge in [0.25, 0.3) is 0 Å². The molecule has 4 nitrogen and oxygen atoms in total. The lowest BCUT2D eigenvalue weighted by Gasteiger charge is -2.03. The van der Waals surface area contributed by atoms with Crippen molar-refractivity contribution in [3.63, 3.8) is 0 Å². The van der Waals surface area contributed by atoms with Crippen molar-refractivity contribution < 1.29 is 9.13 Å². The molecule has 2 rings (SSSR count). The lowest BCUT2D eigenvalue weighted by atomic mass is 10.1. The predicted octanol–water partition coefficient (Wildman–Crippen LogP) is 2.29. The van der Waals surface area contributed by atoms with E-state index in [1.807, 2.05) is 6.07 Å². The van der Waals surface area contributed by atoms with E-state index in [2.05, 4.69) is 9.97 Å². The lowest BCUT2D eigenvalue weighted by molar-refractivity contribution is 0.386. The van der Waals surface area contributed by atoms with E-state index in [9.17, 15) is 4.39 Å². The first kappa shape index (κ1) is 11.1. The summed E-state index contributed by atoms with van der Waals surface area (Å²) >= 11 is 0. The van der Waals surface area contributed by atoms with Gasteiger partial charge in [0.15, 0.2) is 11.6 Å². The van der Waals surface area contributed by atoms with Gasteiger partial charge in [-0.3, -0.25) is 0 Å². The van der Waals surface area contributed by atoms with Crippen molar-refractivity contribution in [2.45, 2.75) is 6.42 Å². The zero-order chi connectivity index (χ0) is 12.3. The number of halogens is 1. The molecule has 0 radical (unpaired) electrons. The van der Waals surface area contributed by atoms with Gasteiger partial charge in [0.05, 0.1) is 31.5 Å². The highest BCUT2D eigenvalue weighted by Gasteiger charge is 2.07. The lowest BCUT2D eigenvalue weighted by Crippen LogP contribution is -1.89. The predicted molar refractivity (Wildman–Crippen MR) is 59.9 cm³/mol. The number of imidazole rings is 1. The van der Waals surface area contributed by atoms with Gasteiger partial charge in [-0.25, -0.2) is 9.37 Å². The van der Waals surface area contributed by atoms with Gasteiger partial charge in [0.2, 0.25) is 0 Å². The normalized spacial score (nSPS) is 9.94. The van der Waals surface area contributed by atoms with Gasteiger partial charge in [0.1, 0.15) is 5.82 Å². The fourth-order valence-electron chi connectivity index (χ4n) is 1.51. The van der Waals surface area contributed by atoms with E-state index in [1.165, 1.54) is 13.2 Å². The first-order chi connectivity index (χ1) is 8.24. The highest BCUT2D eigenvalue weighted by atomic mass is 19.1. The molecule has 1 aromatic carbocycles. The Hall–Kier alpha value is -2.35. The van der Waals surface area contributed by atoms with E-state index in [0.717, 1.165) is 0 Å². The minimum atomic E-state index is -0.429. The SMILES string of the molecule is COc1ccc(-c2cnc(CC#N)[nH]2)cc1F. The maximum Gasteiger partial charge on any atom is 0.165 e. The topological polar surface area (TPSA) is 61.7 Å². The molecule has 0 amide bonds. The third-order valence-electron chi connectivity index (χ3n) is 2.34. The van der Waals surface area contributed by atoms with Crippen molar-refractivity contribution in [1.29, 1.82) is 5.26 Å². The number of rotatable bonds is 3. The summed E-state index contributed by atoms with van der Waals surface area (Å²) < 4.78 is 18.3. The molecule has 1 aromatic heterocycles. The Morgan fingerprint density at radius 1 is 1.53 bits per heavy atom. The number of methoxy groups -OCH3 is 1. The van der Waals surface area contributed by atoms with Crippen LogP contribution >= 0.6 is 0 Å². The van der Waals surface area contributed by atoms with E-state index < -0.39 is 5.82 Å². The van der Waals surface area contributed by atoms with E-state index >= 15 is 0 Å². The maximum atomic E-state index is 13.5. The molecule has 1 heterocycles. The van der Waals surface area contributed by atoms with Crippen LogP contribution in [0.5, 0.6) is 5.75 Å². The Kier molecular flexibility index (Phi) is 3.06. The van der Waals surface area contributed by atoms with E-state index in [1.54, 1.807) is 18.3 Å². The van der Waals surface area contributed by atoms with Crippen LogP contribution in [0.3, 0.4) is 0 Å². The van der Waals surface area contributed by atoms with Crippen molar-refractivity contribution in [3.8, 4) is 23.1 Å². The zero-order valence-corrected chi connectivity index (χ0v) is 9.20. The number of aromatic amines is 1. The molecule has 86 valence electrons. The molecule has 0 atom stereocenters. The minimum Gasteiger partial charge on any atom is -0.494 e.